The first-order chi connectivity index (χ1) is 12.9. The standard InChI is InChI=1S/C20H16FN3O3/c1-11(25)24-17-9-13(21)5-6-14(17)18(20(24)26)19(27-3)12-4-7-16-15(8-12)22-10-23(16)2/h4-10H,1-3H3. The highest BCUT2D eigenvalue weighted by Crippen LogP contribution is 2.41. The molecule has 0 radical (unpaired) electrons. The Balaban J connectivity index is 1.98. The molecule has 0 N–H and O–H groups in total. The molecule has 1 aliphatic rings. The predicted molar refractivity (Wildman–Crippen MR) is 99.1 cm³/mol. The van der Waals surface area contributed by atoms with Gasteiger partial charge in [-0.2, -0.15) is 0 Å². The summed E-state index contributed by atoms with van der Waals surface area (Å²) in [6.07, 6.45) is 1.70. The van der Waals surface area contributed by atoms with Gasteiger partial charge in [-0.1, -0.05) is 0 Å². The molecule has 0 atom stereocenters. The number of aromatic nitrogens is 2. The Bertz CT molecular complexity index is 1150. The van der Waals surface area contributed by atoms with Crippen LogP contribution >= 0.6 is 0 Å². The Hall–Kier alpha value is -3.48. The highest BCUT2D eigenvalue weighted by atomic mass is 19.1. The van der Waals surface area contributed by atoms with Gasteiger partial charge in [0.15, 0.2) is 0 Å². The number of hydrogen-bond acceptors (Lipinski definition) is 4. The van der Waals surface area contributed by atoms with Crippen molar-refractivity contribution < 1.29 is 18.7 Å². The summed E-state index contributed by atoms with van der Waals surface area (Å²) in [6.45, 7) is 1.27. The van der Waals surface area contributed by atoms with E-state index < -0.39 is 17.6 Å². The van der Waals surface area contributed by atoms with Gasteiger partial charge in [-0.15, -0.1) is 0 Å². The first-order valence-electron chi connectivity index (χ1n) is 8.27. The third-order valence-corrected chi connectivity index (χ3v) is 4.62. The monoisotopic (exact) mass is 365 g/mol. The van der Waals surface area contributed by atoms with Gasteiger partial charge in [-0.3, -0.25) is 9.59 Å². The lowest BCUT2D eigenvalue weighted by atomic mass is 10.0. The smallest absolute Gasteiger partial charge is 0.269 e. The van der Waals surface area contributed by atoms with E-state index in [1.165, 1.54) is 32.2 Å². The number of halogens is 1. The van der Waals surface area contributed by atoms with Crippen LogP contribution in [0.4, 0.5) is 10.1 Å². The van der Waals surface area contributed by atoms with Gasteiger partial charge in [0.1, 0.15) is 11.6 Å². The molecule has 3 aromatic rings. The summed E-state index contributed by atoms with van der Waals surface area (Å²) in [5, 5.41) is 0. The number of anilines is 1. The number of nitrogens with zero attached hydrogens (tertiary/aromatic N) is 3. The van der Waals surface area contributed by atoms with Crippen LogP contribution in [-0.2, 0) is 21.4 Å². The van der Waals surface area contributed by atoms with Crippen molar-refractivity contribution in [1.82, 2.24) is 9.55 Å². The molecule has 0 aliphatic carbocycles. The summed E-state index contributed by atoms with van der Waals surface area (Å²) in [5.41, 5.74) is 3.22. The molecule has 2 aromatic carbocycles. The number of benzene rings is 2. The van der Waals surface area contributed by atoms with Crippen molar-refractivity contribution in [2.75, 3.05) is 12.0 Å². The molecule has 136 valence electrons. The molecule has 1 aliphatic heterocycles. The van der Waals surface area contributed by atoms with Crippen molar-refractivity contribution >= 4 is 39.9 Å². The van der Waals surface area contributed by atoms with Gasteiger partial charge < -0.3 is 9.30 Å². The van der Waals surface area contributed by atoms with E-state index in [9.17, 15) is 14.0 Å². The summed E-state index contributed by atoms with van der Waals surface area (Å²) in [4.78, 5) is 30.3. The van der Waals surface area contributed by atoms with Crippen molar-refractivity contribution in [3.05, 3.63) is 59.7 Å². The minimum atomic E-state index is -0.541. The lowest BCUT2D eigenvalue weighted by molar-refractivity contribution is -0.122. The topological polar surface area (TPSA) is 64.4 Å². The van der Waals surface area contributed by atoms with Crippen molar-refractivity contribution in [3.63, 3.8) is 0 Å². The van der Waals surface area contributed by atoms with Crippen LogP contribution in [0.2, 0.25) is 0 Å². The van der Waals surface area contributed by atoms with Gasteiger partial charge in [0.05, 0.1) is 35.7 Å². The second-order valence-corrected chi connectivity index (χ2v) is 6.29. The fourth-order valence-corrected chi connectivity index (χ4v) is 3.41. The zero-order chi connectivity index (χ0) is 19.3. The SMILES string of the molecule is COC(=C1C(=O)N(C(C)=O)c2cc(F)ccc21)c1ccc2c(c1)ncn2C. The number of carbonyl (C=O) groups is 2. The third kappa shape index (κ3) is 2.51. The largest absolute Gasteiger partial charge is 0.495 e. The van der Waals surface area contributed by atoms with Crippen molar-refractivity contribution in [1.29, 1.82) is 0 Å². The fraction of sp³-hybridized carbons (Fsp3) is 0.150. The molecule has 1 aromatic heterocycles. The van der Waals surface area contributed by atoms with Crippen LogP contribution < -0.4 is 4.90 Å². The summed E-state index contributed by atoms with van der Waals surface area (Å²) in [6, 6.07) is 9.43. The quantitative estimate of drug-likeness (QED) is 0.517. The lowest BCUT2D eigenvalue weighted by Gasteiger charge is -2.13. The van der Waals surface area contributed by atoms with Crippen LogP contribution in [0.25, 0.3) is 22.4 Å². The van der Waals surface area contributed by atoms with E-state index in [-0.39, 0.29) is 11.3 Å². The molecule has 0 bridgehead atoms. The first-order valence-corrected chi connectivity index (χ1v) is 8.27. The van der Waals surface area contributed by atoms with Crippen LogP contribution in [0.1, 0.15) is 18.1 Å². The average Bonchev–Trinajstić information content (AvgIpc) is 3.13. The predicted octanol–water partition coefficient (Wildman–Crippen LogP) is 3.12. The van der Waals surface area contributed by atoms with Gasteiger partial charge in [-0.05, 0) is 36.4 Å². The number of carbonyl (C=O) groups excluding carboxylic acids is 2. The number of methoxy groups -OCH3 is 1. The van der Waals surface area contributed by atoms with Crippen molar-refractivity contribution in [3.8, 4) is 0 Å². The number of aryl methyl sites for hydroxylation is 1. The average molecular weight is 365 g/mol. The van der Waals surface area contributed by atoms with Gasteiger partial charge in [0, 0.05) is 25.1 Å². The number of ether oxygens (including phenoxy) is 1. The number of imide groups is 1. The fourth-order valence-electron chi connectivity index (χ4n) is 3.41. The van der Waals surface area contributed by atoms with E-state index in [1.54, 1.807) is 6.33 Å². The Morgan fingerprint density at radius 1 is 1.19 bits per heavy atom. The molecule has 27 heavy (non-hydrogen) atoms. The van der Waals surface area contributed by atoms with Crippen LogP contribution in [-0.4, -0.2) is 28.5 Å². The minimum absolute atomic E-state index is 0.218. The highest BCUT2D eigenvalue weighted by Gasteiger charge is 2.38. The second-order valence-electron chi connectivity index (χ2n) is 6.29. The van der Waals surface area contributed by atoms with Gasteiger partial charge in [0.2, 0.25) is 5.91 Å². The maximum absolute atomic E-state index is 13.7. The van der Waals surface area contributed by atoms with Gasteiger partial charge in [0.25, 0.3) is 5.91 Å². The molecule has 0 unspecified atom stereocenters. The molecule has 6 nitrogen and oxygen atoms in total. The highest BCUT2D eigenvalue weighted by molar-refractivity contribution is 6.42. The van der Waals surface area contributed by atoms with Crippen LogP contribution in [0, 0.1) is 5.82 Å². The number of imidazole rings is 1. The van der Waals surface area contributed by atoms with Crippen LogP contribution in [0.3, 0.4) is 0 Å². The normalized spacial score (nSPS) is 15.3. The molecular weight excluding hydrogens is 349 g/mol. The Labute approximate surface area is 154 Å². The van der Waals surface area contributed by atoms with E-state index in [0.717, 1.165) is 15.9 Å². The molecule has 4 rings (SSSR count). The van der Waals surface area contributed by atoms with E-state index in [1.807, 2.05) is 29.8 Å². The van der Waals surface area contributed by atoms with E-state index in [0.29, 0.717) is 16.9 Å². The Morgan fingerprint density at radius 2 is 1.96 bits per heavy atom. The third-order valence-electron chi connectivity index (χ3n) is 4.62. The van der Waals surface area contributed by atoms with Crippen LogP contribution in [0.15, 0.2) is 42.7 Å². The van der Waals surface area contributed by atoms with E-state index in [2.05, 4.69) is 4.98 Å². The van der Waals surface area contributed by atoms with Gasteiger partial charge >= 0.3 is 0 Å². The number of amides is 2. The summed E-state index contributed by atoms with van der Waals surface area (Å²) < 4.78 is 21.2. The molecule has 0 spiro atoms. The van der Waals surface area contributed by atoms with E-state index in [4.69, 9.17) is 4.74 Å². The van der Waals surface area contributed by atoms with Crippen molar-refractivity contribution in [2.45, 2.75) is 6.92 Å². The molecule has 0 saturated heterocycles. The number of rotatable bonds is 2. The maximum Gasteiger partial charge on any atom is 0.269 e. The zero-order valence-electron chi connectivity index (χ0n) is 15.0. The summed E-state index contributed by atoms with van der Waals surface area (Å²) in [5.74, 6) is -1.24. The molecule has 0 saturated carbocycles. The molecule has 0 fully saturated rings. The zero-order valence-corrected chi connectivity index (χ0v) is 15.0. The summed E-state index contributed by atoms with van der Waals surface area (Å²) in [7, 11) is 3.35. The lowest BCUT2D eigenvalue weighted by Crippen LogP contribution is -2.31. The van der Waals surface area contributed by atoms with Crippen LogP contribution in [0.5, 0.6) is 0 Å². The van der Waals surface area contributed by atoms with E-state index >= 15 is 0 Å². The molecule has 2 amide bonds. The maximum atomic E-state index is 13.7. The van der Waals surface area contributed by atoms with Crippen molar-refractivity contribution in [2.24, 2.45) is 7.05 Å². The summed E-state index contributed by atoms with van der Waals surface area (Å²) >= 11 is 0. The minimum Gasteiger partial charge on any atom is -0.495 e. The Kier molecular flexibility index (Phi) is 3.80. The molecule has 2 heterocycles. The first kappa shape index (κ1) is 17.0. The van der Waals surface area contributed by atoms with Gasteiger partial charge in [-0.25, -0.2) is 14.3 Å². The number of hydrogen-bond donors (Lipinski definition) is 0. The number of fused-ring (bicyclic) bond motifs is 2. The second kappa shape index (κ2) is 6.05. The Morgan fingerprint density at radius 3 is 2.67 bits per heavy atom. The molecular formula is C20H16FN3O3. The molecule has 7 heteroatoms.